The van der Waals surface area contributed by atoms with Gasteiger partial charge in [-0.05, 0) is 43.8 Å². The van der Waals surface area contributed by atoms with E-state index in [-0.39, 0.29) is 4.75 Å². The lowest BCUT2D eigenvalue weighted by Gasteiger charge is -2.51. The summed E-state index contributed by atoms with van der Waals surface area (Å²) in [6.45, 7) is 13.8. The summed E-state index contributed by atoms with van der Waals surface area (Å²) >= 11 is 19.4. The molecule has 3 rings (SSSR count). The van der Waals surface area contributed by atoms with Gasteiger partial charge in [0.25, 0.3) is 0 Å². The van der Waals surface area contributed by atoms with Crippen molar-refractivity contribution in [3.05, 3.63) is 17.8 Å². The van der Waals surface area contributed by atoms with Crippen LogP contribution in [0.3, 0.4) is 0 Å². The van der Waals surface area contributed by atoms with Crippen molar-refractivity contribution < 1.29 is 0 Å². The minimum atomic E-state index is -1.63. The maximum Gasteiger partial charge on any atom is 0.0661 e. The lowest BCUT2D eigenvalue weighted by atomic mass is 9.94. The second-order valence-electron chi connectivity index (χ2n) is 9.35. The minimum Gasteiger partial charge on any atom is -0.401 e. The zero-order valence-electron chi connectivity index (χ0n) is 19.2. The largest absolute Gasteiger partial charge is 0.401 e. The van der Waals surface area contributed by atoms with E-state index in [4.69, 9.17) is 56.2 Å². The zero-order valence-corrected chi connectivity index (χ0v) is 23.6. The van der Waals surface area contributed by atoms with Gasteiger partial charge >= 0.3 is 0 Å². The molecule has 2 aliphatic heterocycles. The quantitative estimate of drug-likeness (QED) is 0.245. The topological polar surface area (TPSA) is 44.5 Å². The van der Waals surface area contributed by atoms with Crippen LogP contribution in [0.25, 0.3) is 0 Å². The van der Waals surface area contributed by atoms with E-state index >= 15 is 0 Å². The number of thiol groups is 4. The van der Waals surface area contributed by atoms with Crippen molar-refractivity contribution in [3.63, 3.8) is 0 Å². The van der Waals surface area contributed by atoms with Crippen LogP contribution in [0, 0.1) is 5.92 Å². The van der Waals surface area contributed by atoms with Crippen LogP contribution in [0.1, 0.15) is 32.3 Å². The number of hydrogen-bond acceptors (Lipinski definition) is 8. The van der Waals surface area contributed by atoms with Crippen molar-refractivity contribution in [2.45, 2.75) is 57.4 Å². The molecule has 0 aromatic heterocycles. The Morgan fingerprint density at radius 3 is 1.94 bits per heavy atom. The van der Waals surface area contributed by atoms with Crippen molar-refractivity contribution >= 4 is 77.3 Å². The third-order valence-electron chi connectivity index (χ3n) is 6.85. The fourth-order valence-electron chi connectivity index (χ4n) is 4.92. The van der Waals surface area contributed by atoms with Crippen LogP contribution in [0.15, 0.2) is 31.9 Å². The first kappa shape index (κ1) is 26.6. The van der Waals surface area contributed by atoms with E-state index in [1.807, 2.05) is 0 Å². The average molecular weight is 531 g/mol. The molecule has 0 bridgehead atoms. The molecule has 2 heterocycles. The molecule has 4 nitrogen and oxygen atoms in total. The third kappa shape index (κ3) is 4.72. The number of rotatable bonds is 6. The Kier molecular flexibility index (Phi) is 8.55. The summed E-state index contributed by atoms with van der Waals surface area (Å²) < 4.78 is 2.25. The highest BCUT2D eigenvalue weighted by atomic mass is 32.2. The summed E-state index contributed by atoms with van der Waals surface area (Å²) in [6.07, 6.45) is 2.78. The second-order valence-corrected chi connectivity index (χ2v) is 14.1. The van der Waals surface area contributed by atoms with Crippen molar-refractivity contribution in [1.29, 1.82) is 0 Å². The normalized spacial score (nSPS) is 20.0. The zero-order chi connectivity index (χ0) is 23.8. The molecule has 32 heavy (non-hydrogen) atoms. The minimum absolute atomic E-state index is 0.209. The summed E-state index contributed by atoms with van der Waals surface area (Å²) in [5, 5.41) is 3.44. The average Bonchev–Trinajstić information content (AvgIpc) is 2.76. The molecule has 9 heteroatoms. The number of nitrogens with one attached hydrogen (secondary N) is 1. The summed E-state index contributed by atoms with van der Waals surface area (Å²) in [4.78, 5) is 5.93. The van der Waals surface area contributed by atoms with E-state index in [0.717, 1.165) is 95.1 Å². The van der Waals surface area contributed by atoms with Crippen LogP contribution in [0.4, 0.5) is 5.69 Å². The summed E-state index contributed by atoms with van der Waals surface area (Å²) in [5.74, 6) is 9.84. The number of nitrogens with two attached hydrogens (primary N) is 1. The lowest BCUT2D eigenvalue weighted by Crippen LogP contribution is -2.52. The summed E-state index contributed by atoms with van der Waals surface area (Å²) in [5.41, 5.74) is 9.26. The molecule has 0 spiro atoms. The number of nitrogens with zero attached hydrogens (tertiary/aromatic N) is 2. The van der Waals surface area contributed by atoms with E-state index in [2.05, 4.69) is 46.7 Å². The molecule has 2 saturated heterocycles. The highest BCUT2D eigenvalue weighted by Gasteiger charge is 2.41. The van der Waals surface area contributed by atoms with Gasteiger partial charge in [0.05, 0.1) is 10.4 Å². The maximum atomic E-state index is 6.38. The summed E-state index contributed by atoms with van der Waals surface area (Å²) in [7, 11) is -1.63. The Morgan fingerprint density at radius 2 is 1.50 bits per heavy atom. The van der Waals surface area contributed by atoms with Gasteiger partial charge in [0, 0.05) is 51.5 Å². The van der Waals surface area contributed by atoms with Gasteiger partial charge < -0.3 is 16.0 Å². The van der Waals surface area contributed by atoms with Crippen molar-refractivity contribution in [3.8, 4) is 0 Å². The van der Waals surface area contributed by atoms with E-state index in [1.165, 1.54) is 0 Å². The van der Waals surface area contributed by atoms with Gasteiger partial charge in [0.1, 0.15) is 0 Å². The maximum absolute atomic E-state index is 6.38. The first-order valence-corrected chi connectivity index (χ1v) is 14.8. The van der Waals surface area contributed by atoms with Gasteiger partial charge in [-0.1, -0.05) is 32.2 Å². The van der Waals surface area contributed by atoms with Crippen LogP contribution in [-0.4, -0.2) is 60.1 Å². The number of hydrogen-bond donors (Lipinski definition) is 6. The Balaban J connectivity index is 1.85. The van der Waals surface area contributed by atoms with Crippen LogP contribution < -0.4 is 16.0 Å². The van der Waals surface area contributed by atoms with E-state index in [9.17, 15) is 0 Å². The standard InChI is InChI=1S/C23H38N4S5/c1-15(2)14-17-19(28)21(30)18(22(31)20(17)29)26-10-12-27(13-11-26)32(4,5)23(16(3)24)6-8-25-9-7-23/h15,25,28-31H,3-14,24H2,1-2H3. The van der Waals surface area contributed by atoms with Gasteiger partial charge in [-0.15, -0.1) is 59.9 Å². The molecule has 2 aliphatic rings. The molecular weight excluding hydrogens is 493 g/mol. The van der Waals surface area contributed by atoms with Gasteiger partial charge in [-0.3, -0.25) is 4.31 Å². The molecule has 0 atom stereocenters. The number of benzene rings is 1. The van der Waals surface area contributed by atoms with Crippen LogP contribution in [-0.2, 0) is 6.42 Å². The SMILES string of the molecule is C=C(N)C1(S(=C)(=C)N2CCN(c3c(S)c(S)c(CC(C)C)c(S)c3S)CC2)CCNCC1. The fourth-order valence-corrected chi connectivity index (χ4v) is 9.30. The fraction of sp³-hybridized carbons (Fsp3) is 0.565. The lowest BCUT2D eigenvalue weighted by molar-refractivity contribution is 0.395. The van der Waals surface area contributed by atoms with Gasteiger partial charge in [-0.2, -0.15) is 0 Å². The predicted octanol–water partition coefficient (Wildman–Crippen LogP) is 4.34. The van der Waals surface area contributed by atoms with Crippen molar-refractivity contribution in [2.75, 3.05) is 44.2 Å². The Morgan fingerprint density at radius 1 is 1.00 bits per heavy atom. The third-order valence-corrected chi connectivity index (χ3v) is 12.5. The van der Waals surface area contributed by atoms with Gasteiger partial charge in [0.2, 0.25) is 0 Å². The van der Waals surface area contributed by atoms with E-state index in [1.54, 1.807) is 0 Å². The second kappa shape index (κ2) is 10.3. The van der Waals surface area contributed by atoms with Crippen LogP contribution in [0.2, 0.25) is 0 Å². The smallest absolute Gasteiger partial charge is 0.0661 e. The molecule has 1 aromatic carbocycles. The van der Waals surface area contributed by atoms with Crippen molar-refractivity contribution in [2.24, 2.45) is 11.7 Å². The highest BCUT2D eigenvalue weighted by molar-refractivity contribution is 8.27. The van der Waals surface area contributed by atoms with Crippen LogP contribution in [0.5, 0.6) is 0 Å². The molecular formula is C23H38N4S5. The Bertz CT molecular complexity index is 944. The van der Waals surface area contributed by atoms with E-state index in [0.29, 0.717) is 5.92 Å². The number of piperidine rings is 1. The molecule has 0 aliphatic carbocycles. The van der Waals surface area contributed by atoms with Gasteiger partial charge in [0.15, 0.2) is 0 Å². The predicted molar refractivity (Wildman–Crippen MR) is 158 cm³/mol. The molecule has 0 unspecified atom stereocenters. The molecule has 180 valence electrons. The molecule has 0 radical (unpaired) electrons. The Labute approximate surface area is 217 Å². The van der Waals surface area contributed by atoms with Crippen molar-refractivity contribution in [1.82, 2.24) is 9.62 Å². The first-order valence-electron chi connectivity index (χ1n) is 11.1. The monoisotopic (exact) mass is 530 g/mol. The molecule has 2 fully saturated rings. The number of piperazine rings is 1. The molecule has 3 N–H and O–H groups in total. The van der Waals surface area contributed by atoms with Crippen LogP contribution >= 0.6 is 59.9 Å². The summed E-state index contributed by atoms with van der Waals surface area (Å²) in [6, 6.07) is 0. The Hall–Kier alpha value is -0.0300. The molecule has 1 aromatic rings. The number of anilines is 1. The molecule has 0 amide bonds. The van der Waals surface area contributed by atoms with E-state index < -0.39 is 9.39 Å². The molecule has 0 saturated carbocycles. The van der Waals surface area contributed by atoms with Gasteiger partial charge in [-0.25, -0.2) is 0 Å². The first-order chi connectivity index (χ1) is 14.9. The highest BCUT2D eigenvalue weighted by Crippen LogP contribution is 2.50.